The zero-order valence-electron chi connectivity index (χ0n) is 16.1. The van der Waals surface area contributed by atoms with Gasteiger partial charge >= 0.3 is 0 Å². The van der Waals surface area contributed by atoms with Crippen molar-refractivity contribution in [3.63, 3.8) is 0 Å². The Morgan fingerprint density at radius 3 is 2.32 bits per heavy atom. The molecule has 0 fully saturated rings. The van der Waals surface area contributed by atoms with E-state index in [2.05, 4.69) is 25.9 Å². The van der Waals surface area contributed by atoms with Gasteiger partial charge in [-0.3, -0.25) is 4.79 Å². The summed E-state index contributed by atoms with van der Waals surface area (Å²) in [6.07, 6.45) is 0. The third kappa shape index (κ3) is 5.44. The van der Waals surface area contributed by atoms with Gasteiger partial charge < -0.3 is 20.7 Å². The molecule has 0 bridgehead atoms. The highest BCUT2D eigenvalue weighted by Crippen LogP contribution is 2.19. The number of rotatable bonds is 7. The highest BCUT2D eigenvalue weighted by molar-refractivity contribution is 5.88. The van der Waals surface area contributed by atoms with E-state index in [1.165, 1.54) is 6.92 Å². The van der Waals surface area contributed by atoms with Crippen LogP contribution in [0.5, 0.6) is 5.75 Å². The van der Waals surface area contributed by atoms with E-state index in [0.717, 1.165) is 28.4 Å². The van der Waals surface area contributed by atoms with Crippen molar-refractivity contribution in [2.24, 2.45) is 0 Å². The lowest BCUT2D eigenvalue weighted by atomic mass is 10.2. The van der Waals surface area contributed by atoms with Crippen LogP contribution in [0.15, 0.2) is 54.6 Å². The number of aryl methyl sites for hydroxylation is 1. The summed E-state index contributed by atoms with van der Waals surface area (Å²) in [6.45, 7) is 4.01. The van der Waals surface area contributed by atoms with Crippen molar-refractivity contribution in [3.8, 4) is 5.75 Å². The summed E-state index contributed by atoms with van der Waals surface area (Å²) < 4.78 is 5.17. The van der Waals surface area contributed by atoms with Crippen LogP contribution in [0.3, 0.4) is 0 Å². The van der Waals surface area contributed by atoms with Crippen molar-refractivity contribution in [2.75, 3.05) is 23.1 Å². The Morgan fingerprint density at radius 1 is 1.00 bits per heavy atom. The minimum absolute atomic E-state index is 0.0975. The number of ether oxygens (including phenoxy) is 1. The van der Waals surface area contributed by atoms with Gasteiger partial charge in [0.15, 0.2) is 0 Å². The molecule has 144 valence electrons. The lowest BCUT2D eigenvalue weighted by Gasteiger charge is -2.11. The van der Waals surface area contributed by atoms with Gasteiger partial charge in [0.25, 0.3) is 0 Å². The van der Waals surface area contributed by atoms with E-state index in [0.29, 0.717) is 18.3 Å². The smallest absolute Gasteiger partial charge is 0.225 e. The van der Waals surface area contributed by atoms with Crippen LogP contribution in [-0.4, -0.2) is 23.0 Å². The monoisotopic (exact) mass is 377 g/mol. The second-order valence-electron chi connectivity index (χ2n) is 6.30. The molecule has 0 saturated carbocycles. The molecule has 1 aromatic heterocycles. The van der Waals surface area contributed by atoms with E-state index in [9.17, 15) is 4.79 Å². The largest absolute Gasteiger partial charge is 0.497 e. The first-order valence-corrected chi connectivity index (χ1v) is 8.89. The Labute approximate surface area is 164 Å². The zero-order chi connectivity index (χ0) is 19.9. The summed E-state index contributed by atoms with van der Waals surface area (Å²) in [4.78, 5) is 20.1. The normalized spacial score (nSPS) is 10.2. The number of hydrogen-bond acceptors (Lipinski definition) is 6. The van der Waals surface area contributed by atoms with Gasteiger partial charge in [0, 0.05) is 36.6 Å². The number of carbonyl (C=O) groups is 1. The lowest BCUT2D eigenvalue weighted by molar-refractivity contribution is -0.114. The van der Waals surface area contributed by atoms with Crippen LogP contribution in [0, 0.1) is 6.92 Å². The lowest BCUT2D eigenvalue weighted by Crippen LogP contribution is -2.07. The fourth-order valence-corrected chi connectivity index (χ4v) is 2.62. The van der Waals surface area contributed by atoms with Crippen LogP contribution in [-0.2, 0) is 11.3 Å². The van der Waals surface area contributed by atoms with Gasteiger partial charge in [-0.05, 0) is 48.9 Å². The Kier molecular flexibility index (Phi) is 6.06. The predicted molar refractivity (Wildman–Crippen MR) is 111 cm³/mol. The van der Waals surface area contributed by atoms with Crippen molar-refractivity contribution < 1.29 is 9.53 Å². The topological polar surface area (TPSA) is 88.2 Å². The quantitative estimate of drug-likeness (QED) is 0.574. The third-order valence-corrected chi connectivity index (χ3v) is 3.94. The molecule has 1 heterocycles. The molecule has 3 N–H and O–H groups in total. The van der Waals surface area contributed by atoms with Gasteiger partial charge in [0.1, 0.15) is 11.6 Å². The van der Waals surface area contributed by atoms with E-state index < -0.39 is 0 Å². The molecule has 2 aromatic carbocycles. The first-order chi connectivity index (χ1) is 13.5. The molecule has 1 amide bonds. The van der Waals surface area contributed by atoms with E-state index in [-0.39, 0.29) is 5.91 Å². The first-order valence-electron chi connectivity index (χ1n) is 8.89. The van der Waals surface area contributed by atoms with Gasteiger partial charge in [0.2, 0.25) is 11.9 Å². The maximum Gasteiger partial charge on any atom is 0.225 e. The van der Waals surface area contributed by atoms with Crippen molar-refractivity contribution in [3.05, 3.63) is 65.9 Å². The molecule has 0 unspecified atom stereocenters. The maximum absolute atomic E-state index is 11.1. The predicted octanol–water partition coefficient (Wildman–Crippen LogP) is 4.11. The average molecular weight is 377 g/mol. The number of nitrogens with one attached hydrogen (secondary N) is 3. The fraction of sp³-hybridized carbons (Fsp3) is 0.190. The summed E-state index contributed by atoms with van der Waals surface area (Å²) in [6, 6.07) is 17.1. The molecular formula is C21H23N5O2. The molecule has 0 aliphatic carbocycles. The molecule has 0 atom stereocenters. The number of anilines is 4. The third-order valence-electron chi connectivity index (χ3n) is 3.94. The van der Waals surface area contributed by atoms with E-state index in [1.54, 1.807) is 7.11 Å². The highest BCUT2D eigenvalue weighted by atomic mass is 16.5. The second-order valence-corrected chi connectivity index (χ2v) is 6.30. The minimum atomic E-state index is -0.0975. The van der Waals surface area contributed by atoms with Crippen molar-refractivity contribution in [1.82, 2.24) is 9.97 Å². The van der Waals surface area contributed by atoms with E-state index in [1.807, 2.05) is 61.5 Å². The van der Waals surface area contributed by atoms with E-state index in [4.69, 9.17) is 4.74 Å². The van der Waals surface area contributed by atoms with Gasteiger partial charge in [-0.1, -0.05) is 12.1 Å². The second kappa shape index (κ2) is 8.85. The van der Waals surface area contributed by atoms with Crippen molar-refractivity contribution in [2.45, 2.75) is 20.4 Å². The van der Waals surface area contributed by atoms with Crippen LogP contribution in [0.1, 0.15) is 18.2 Å². The Bertz CT molecular complexity index is 940. The molecule has 7 nitrogen and oxygen atoms in total. The summed E-state index contributed by atoms with van der Waals surface area (Å²) in [7, 11) is 1.65. The van der Waals surface area contributed by atoms with Crippen LogP contribution in [0.2, 0.25) is 0 Å². The molecule has 0 spiro atoms. The summed E-state index contributed by atoms with van der Waals surface area (Å²) in [5.74, 6) is 1.97. The summed E-state index contributed by atoms with van der Waals surface area (Å²) >= 11 is 0. The van der Waals surface area contributed by atoms with Gasteiger partial charge in [-0.15, -0.1) is 0 Å². The number of carbonyl (C=O) groups excluding carboxylic acids is 1. The molecule has 7 heteroatoms. The van der Waals surface area contributed by atoms with Crippen LogP contribution in [0.25, 0.3) is 0 Å². The van der Waals surface area contributed by atoms with Crippen LogP contribution < -0.4 is 20.7 Å². The zero-order valence-corrected chi connectivity index (χ0v) is 16.1. The number of hydrogen-bond donors (Lipinski definition) is 3. The Balaban J connectivity index is 1.66. The Morgan fingerprint density at radius 2 is 1.68 bits per heavy atom. The SMILES string of the molecule is COc1ccc(CNc2nc(C)cc(Nc3ccc(NC(C)=O)cc3)n2)cc1. The highest BCUT2D eigenvalue weighted by Gasteiger charge is 2.04. The van der Waals surface area contributed by atoms with Crippen molar-refractivity contribution >= 4 is 29.0 Å². The summed E-state index contributed by atoms with van der Waals surface area (Å²) in [5.41, 5.74) is 3.57. The van der Waals surface area contributed by atoms with Gasteiger partial charge in [-0.25, -0.2) is 4.98 Å². The molecule has 3 aromatic rings. The molecular weight excluding hydrogens is 354 g/mol. The van der Waals surface area contributed by atoms with Crippen molar-refractivity contribution in [1.29, 1.82) is 0 Å². The van der Waals surface area contributed by atoms with Crippen LogP contribution in [0.4, 0.5) is 23.1 Å². The first kappa shape index (κ1) is 19.2. The molecule has 0 saturated heterocycles. The number of nitrogens with zero attached hydrogens (tertiary/aromatic N) is 2. The summed E-state index contributed by atoms with van der Waals surface area (Å²) in [5, 5.41) is 9.25. The fourth-order valence-electron chi connectivity index (χ4n) is 2.62. The van der Waals surface area contributed by atoms with Crippen LogP contribution >= 0.6 is 0 Å². The number of aromatic nitrogens is 2. The number of amides is 1. The van der Waals surface area contributed by atoms with E-state index >= 15 is 0 Å². The minimum Gasteiger partial charge on any atom is -0.497 e. The Hall–Kier alpha value is -3.61. The molecule has 3 rings (SSSR count). The molecule has 0 radical (unpaired) electrons. The maximum atomic E-state index is 11.1. The van der Waals surface area contributed by atoms with Gasteiger partial charge in [0.05, 0.1) is 7.11 Å². The number of methoxy groups -OCH3 is 1. The standard InChI is InChI=1S/C21H23N5O2/c1-14-12-20(25-18-8-6-17(7-9-18)24-15(2)27)26-21(23-14)22-13-16-4-10-19(28-3)11-5-16/h4-12H,13H2,1-3H3,(H,24,27)(H2,22,23,25,26). The molecule has 0 aliphatic rings. The molecule has 28 heavy (non-hydrogen) atoms. The number of benzene rings is 2. The van der Waals surface area contributed by atoms with Gasteiger partial charge in [-0.2, -0.15) is 4.98 Å². The average Bonchev–Trinajstić information content (AvgIpc) is 2.67. The molecule has 0 aliphatic heterocycles.